The average molecular weight is 469 g/mol. The molecule has 0 spiro atoms. The van der Waals surface area contributed by atoms with Crippen LogP contribution in [0.3, 0.4) is 0 Å². The molecule has 1 aliphatic carbocycles. The molecule has 1 amide bonds. The number of hydrazine groups is 1. The zero-order valence-corrected chi connectivity index (χ0v) is 19.5. The third-order valence-electron chi connectivity index (χ3n) is 7.37. The molecule has 0 saturated carbocycles. The van der Waals surface area contributed by atoms with E-state index >= 15 is 0 Å². The number of hydrogen-bond acceptors (Lipinski definition) is 3. The van der Waals surface area contributed by atoms with Gasteiger partial charge in [0.15, 0.2) is 0 Å². The fraction of sp³-hybridized carbons (Fsp3) is 0.0645. The lowest BCUT2D eigenvalue weighted by atomic mass is 9.91. The van der Waals surface area contributed by atoms with Crippen LogP contribution in [-0.4, -0.2) is 16.5 Å². The standard InChI is InChI=1S/C31H24N4O/c32-33-31(36)20-17-21(34-27-13-5-1-9-23(27)24-10-2-6-14-28(24)34)19-22(18-20)35-29-15-7-3-11-25(29)26-12-4-8-16-30(26)35/h1-19,23,27H,32H2,(H,33,36). The van der Waals surface area contributed by atoms with Gasteiger partial charge in [0, 0.05) is 39.3 Å². The van der Waals surface area contributed by atoms with Crippen LogP contribution in [0, 0.1) is 0 Å². The highest BCUT2D eigenvalue weighted by molar-refractivity contribution is 6.09. The molecule has 2 atom stereocenters. The molecule has 0 saturated heterocycles. The predicted molar refractivity (Wildman–Crippen MR) is 146 cm³/mol. The van der Waals surface area contributed by atoms with Crippen molar-refractivity contribution in [3.8, 4) is 5.69 Å². The Balaban J connectivity index is 1.51. The molecule has 2 aliphatic rings. The maximum absolute atomic E-state index is 12.9. The largest absolute Gasteiger partial charge is 0.333 e. The molecule has 2 unspecified atom stereocenters. The minimum absolute atomic E-state index is 0.134. The van der Waals surface area contributed by atoms with E-state index in [0.29, 0.717) is 5.56 Å². The van der Waals surface area contributed by atoms with Crippen LogP contribution in [-0.2, 0) is 0 Å². The number of nitrogens with zero attached hydrogens (tertiary/aromatic N) is 2. The maximum atomic E-state index is 12.9. The number of carbonyl (C=O) groups is 1. The number of para-hydroxylation sites is 3. The molecule has 0 bridgehead atoms. The fourth-order valence-electron chi connectivity index (χ4n) is 5.87. The van der Waals surface area contributed by atoms with E-state index in [1.54, 1.807) is 0 Å². The van der Waals surface area contributed by atoms with Gasteiger partial charge in [0.25, 0.3) is 5.91 Å². The summed E-state index contributed by atoms with van der Waals surface area (Å²) >= 11 is 0. The van der Waals surface area contributed by atoms with Gasteiger partial charge in [0.1, 0.15) is 0 Å². The van der Waals surface area contributed by atoms with Crippen LogP contribution in [0.4, 0.5) is 11.4 Å². The number of benzene rings is 4. The van der Waals surface area contributed by atoms with Crippen molar-refractivity contribution in [1.29, 1.82) is 0 Å². The van der Waals surface area contributed by atoms with Crippen molar-refractivity contribution >= 4 is 39.1 Å². The first-order chi connectivity index (χ1) is 17.7. The van der Waals surface area contributed by atoms with Crippen molar-refractivity contribution in [1.82, 2.24) is 9.99 Å². The number of nitrogens with two attached hydrogens (primary N) is 1. The molecule has 36 heavy (non-hydrogen) atoms. The number of fused-ring (bicyclic) bond motifs is 6. The van der Waals surface area contributed by atoms with E-state index in [-0.39, 0.29) is 17.9 Å². The second-order valence-electron chi connectivity index (χ2n) is 9.30. The van der Waals surface area contributed by atoms with Gasteiger partial charge < -0.3 is 9.47 Å². The van der Waals surface area contributed by atoms with Crippen molar-refractivity contribution in [2.75, 3.05) is 4.90 Å². The molecular weight excluding hydrogens is 444 g/mol. The zero-order chi connectivity index (χ0) is 24.2. The van der Waals surface area contributed by atoms with Crippen LogP contribution in [0.1, 0.15) is 21.8 Å². The monoisotopic (exact) mass is 468 g/mol. The van der Waals surface area contributed by atoms with E-state index in [1.807, 2.05) is 12.1 Å². The first-order valence-corrected chi connectivity index (χ1v) is 12.1. The van der Waals surface area contributed by atoms with Crippen LogP contribution in [0.25, 0.3) is 27.5 Å². The SMILES string of the molecule is NNC(=O)c1cc(N2c3ccccc3C3C=CC=CC32)cc(-n2c3ccccc3c3ccccc32)c1. The quantitative estimate of drug-likeness (QED) is 0.191. The van der Waals surface area contributed by atoms with Crippen LogP contribution < -0.4 is 16.2 Å². The van der Waals surface area contributed by atoms with Gasteiger partial charge in [-0.25, -0.2) is 5.84 Å². The van der Waals surface area contributed by atoms with Gasteiger partial charge in [-0.3, -0.25) is 10.2 Å². The second kappa shape index (κ2) is 7.97. The number of hydrogen-bond donors (Lipinski definition) is 2. The van der Waals surface area contributed by atoms with E-state index in [0.717, 1.165) is 28.1 Å². The molecule has 0 fully saturated rings. The van der Waals surface area contributed by atoms with Gasteiger partial charge in [-0.15, -0.1) is 0 Å². The summed E-state index contributed by atoms with van der Waals surface area (Å²) in [5.74, 6) is 5.54. The Bertz CT molecular complexity index is 1670. The first-order valence-electron chi connectivity index (χ1n) is 12.1. The van der Waals surface area contributed by atoms with Crippen LogP contribution >= 0.6 is 0 Å². The van der Waals surface area contributed by atoms with Gasteiger partial charge >= 0.3 is 0 Å². The van der Waals surface area contributed by atoms with Crippen LogP contribution in [0.5, 0.6) is 0 Å². The van der Waals surface area contributed by atoms with Gasteiger partial charge in [-0.1, -0.05) is 78.9 Å². The Morgan fingerprint density at radius 1 is 0.750 bits per heavy atom. The zero-order valence-electron chi connectivity index (χ0n) is 19.5. The number of nitrogen functional groups attached to an aromatic ring is 1. The third kappa shape index (κ3) is 2.96. The predicted octanol–water partition coefficient (Wildman–Crippen LogP) is 6.12. The van der Waals surface area contributed by atoms with Crippen LogP contribution in [0.15, 0.2) is 115 Å². The summed E-state index contributed by atoms with van der Waals surface area (Å²) in [4.78, 5) is 15.2. The highest BCUT2D eigenvalue weighted by Crippen LogP contribution is 2.48. The Morgan fingerprint density at radius 3 is 2.14 bits per heavy atom. The van der Waals surface area contributed by atoms with E-state index < -0.39 is 0 Å². The smallest absolute Gasteiger partial charge is 0.265 e. The lowest BCUT2D eigenvalue weighted by molar-refractivity contribution is 0.0953. The molecule has 5 aromatic rings. The summed E-state index contributed by atoms with van der Waals surface area (Å²) in [5.41, 5.74) is 9.34. The number of carbonyl (C=O) groups excluding carboxylic acids is 1. The maximum Gasteiger partial charge on any atom is 0.265 e. The molecule has 0 radical (unpaired) electrons. The summed E-state index contributed by atoms with van der Waals surface area (Å²) in [7, 11) is 0. The molecule has 5 nitrogen and oxygen atoms in total. The minimum atomic E-state index is -0.318. The lowest BCUT2D eigenvalue weighted by Crippen LogP contribution is -2.31. The van der Waals surface area contributed by atoms with Crippen molar-refractivity contribution < 1.29 is 4.79 Å². The summed E-state index contributed by atoms with van der Waals surface area (Å²) in [6, 6.07) is 31.4. The lowest BCUT2D eigenvalue weighted by Gasteiger charge is -2.29. The molecule has 7 rings (SSSR count). The van der Waals surface area contributed by atoms with E-state index in [2.05, 4.69) is 118 Å². The minimum Gasteiger partial charge on any atom is -0.333 e. The second-order valence-corrected chi connectivity index (χ2v) is 9.30. The van der Waals surface area contributed by atoms with Crippen molar-refractivity contribution in [2.24, 2.45) is 5.84 Å². The molecule has 5 heteroatoms. The van der Waals surface area contributed by atoms with Gasteiger partial charge in [0.2, 0.25) is 0 Å². The molecule has 174 valence electrons. The Morgan fingerprint density at radius 2 is 1.39 bits per heavy atom. The summed E-state index contributed by atoms with van der Waals surface area (Å²) in [5, 5.41) is 2.35. The van der Waals surface area contributed by atoms with E-state index in [1.165, 1.54) is 16.3 Å². The Kier molecular flexibility index (Phi) is 4.59. The van der Waals surface area contributed by atoms with Crippen molar-refractivity contribution in [2.45, 2.75) is 12.0 Å². The number of amides is 1. The van der Waals surface area contributed by atoms with E-state index in [4.69, 9.17) is 5.84 Å². The average Bonchev–Trinajstić information content (AvgIpc) is 3.45. The number of rotatable bonds is 3. The third-order valence-corrected chi connectivity index (χ3v) is 7.37. The molecule has 2 heterocycles. The van der Waals surface area contributed by atoms with Crippen molar-refractivity contribution in [3.05, 3.63) is 126 Å². The number of allylic oxidation sites excluding steroid dienone is 2. The summed E-state index contributed by atoms with van der Waals surface area (Å²) in [6.45, 7) is 0. The van der Waals surface area contributed by atoms with Crippen molar-refractivity contribution in [3.63, 3.8) is 0 Å². The highest BCUT2D eigenvalue weighted by Gasteiger charge is 2.37. The molecule has 1 aromatic heterocycles. The van der Waals surface area contributed by atoms with E-state index in [9.17, 15) is 4.79 Å². The topological polar surface area (TPSA) is 63.3 Å². The first kappa shape index (κ1) is 20.7. The molecule has 3 N–H and O–H groups in total. The van der Waals surface area contributed by atoms with Gasteiger partial charge in [-0.2, -0.15) is 0 Å². The fourth-order valence-corrected chi connectivity index (χ4v) is 5.87. The number of anilines is 2. The number of aromatic nitrogens is 1. The summed E-state index contributed by atoms with van der Waals surface area (Å²) in [6.07, 6.45) is 8.71. The normalized spacial score (nSPS) is 18.0. The van der Waals surface area contributed by atoms with Gasteiger partial charge in [0.05, 0.1) is 17.1 Å². The molecule has 1 aliphatic heterocycles. The Labute approximate surface area is 208 Å². The Hall–Kier alpha value is -4.61. The summed E-state index contributed by atoms with van der Waals surface area (Å²) < 4.78 is 2.23. The number of nitrogens with one attached hydrogen (secondary N) is 1. The van der Waals surface area contributed by atoms with Gasteiger partial charge in [-0.05, 0) is 42.0 Å². The molecular formula is C31H24N4O. The molecule has 4 aromatic carbocycles. The highest BCUT2D eigenvalue weighted by atomic mass is 16.2. The van der Waals surface area contributed by atoms with Crippen LogP contribution in [0.2, 0.25) is 0 Å².